The summed E-state index contributed by atoms with van der Waals surface area (Å²) in [5.74, 6) is 0.559. The van der Waals surface area contributed by atoms with Crippen molar-refractivity contribution in [2.24, 2.45) is 0 Å². The molecule has 3 N–H and O–H groups in total. The van der Waals surface area contributed by atoms with E-state index in [1.54, 1.807) is 43.5 Å². The highest BCUT2D eigenvalue weighted by molar-refractivity contribution is 7.80. The van der Waals surface area contributed by atoms with Gasteiger partial charge in [0.2, 0.25) is 0 Å². The number of methoxy groups -OCH3 is 1. The maximum absolute atomic E-state index is 12.4. The highest BCUT2D eigenvalue weighted by Gasteiger charge is 2.07. The Morgan fingerprint density at radius 1 is 0.862 bits per heavy atom. The lowest BCUT2D eigenvalue weighted by Gasteiger charge is -2.12. The topological polar surface area (TPSA) is 62.4 Å². The molecular weight excluding hydrogens is 382 g/mol. The quantitative estimate of drug-likeness (QED) is 0.485. The first-order valence-electron chi connectivity index (χ1n) is 9.30. The van der Waals surface area contributed by atoms with E-state index < -0.39 is 0 Å². The SMILES string of the molecule is CCc1cccc(NC(=S)Nc2ccc(C(=O)Nc3ccc(OC)cc3)cc2)c1. The lowest BCUT2D eigenvalue weighted by atomic mass is 10.1. The van der Waals surface area contributed by atoms with Crippen molar-refractivity contribution in [3.05, 3.63) is 83.9 Å². The van der Waals surface area contributed by atoms with Gasteiger partial charge in [0.25, 0.3) is 5.91 Å². The Labute approximate surface area is 176 Å². The third-order valence-electron chi connectivity index (χ3n) is 4.35. The van der Waals surface area contributed by atoms with Crippen molar-refractivity contribution in [2.75, 3.05) is 23.1 Å². The predicted octanol–water partition coefficient (Wildman–Crippen LogP) is 5.32. The van der Waals surface area contributed by atoms with Crippen LogP contribution in [0.3, 0.4) is 0 Å². The summed E-state index contributed by atoms with van der Waals surface area (Å²) in [7, 11) is 1.60. The second-order valence-corrected chi connectivity index (χ2v) is 6.80. The molecular formula is C23H23N3O2S. The summed E-state index contributed by atoms with van der Waals surface area (Å²) >= 11 is 5.38. The second-order valence-electron chi connectivity index (χ2n) is 6.39. The Morgan fingerprint density at radius 3 is 2.14 bits per heavy atom. The number of anilines is 3. The van der Waals surface area contributed by atoms with E-state index in [1.165, 1.54) is 5.56 Å². The number of benzene rings is 3. The van der Waals surface area contributed by atoms with E-state index in [0.29, 0.717) is 16.4 Å². The highest BCUT2D eigenvalue weighted by atomic mass is 32.1. The van der Waals surface area contributed by atoms with Crippen molar-refractivity contribution in [3.8, 4) is 5.75 Å². The van der Waals surface area contributed by atoms with E-state index in [0.717, 1.165) is 23.5 Å². The van der Waals surface area contributed by atoms with Crippen LogP contribution in [0.4, 0.5) is 17.1 Å². The molecule has 148 valence electrons. The van der Waals surface area contributed by atoms with Crippen molar-refractivity contribution >= 4 is 40.3 Å². The number of hydrogen-bond donors (Lipinski definition) is 3. The number of ether oxygens (including phenoxy) is 1. The van der Waals surface area contributed by atoms with Crippen molar-refractivity contribution in [3.63, 3.8) is 0 Å². The van der Waals surface area contributed by atoms with E-state index in [4.69, 9.17) is 17.0 Å². The van der Waals surface area contributed by atoms with Crippen LogP contribution in [-0.2, 0) is 6.42 Å². The van der Waals surface area contributed by atoms with Gasteiger partial charge in [0.05, 0.1) is 7.11 Å². The van der Waals surface area contributed by atoms with Crippen LogP contribution in [0.25, 0.3) is 0 Å². The molecule has 6 heteroatoms. The fraction of sp³-hybridized carbons (Fsp3) is 0.130. The van der Waals surface area contributed by atoms with Crippen LogP contribution in [0, 0.1) is 0 Å². The normalized spacial score (nSPS) is 10.1. The van der Waals surface area contributed by atoms with Crippen LogP contribution in [0.2, 0.25) is 0 Å². The molecule has 0 saturated carbocycles. The maximum Gasteiger partial charge on any atom is 0.255 e. The van der Waals surface area contributed by atoms with Crippen LogP contribution in [0.1, 0.15) is 22.8 Å². The minimum atomic E-state index is -0.182. The van der Waals surface area contributed by atoms with E-state index in [2.05, 4.69) is 35.0 Å². The molecule has 0 atom stereocenters. The molecule has 3 rings (SSSR count). The van der Waals surface area contributed by atoms with Crippen LogP contribution < -0.4 is 20.7 Å². The molecule has 29 heavy (non-hydrogen) atoms. The monoisotopic (exact) mass is 405 g/mol. The Bertz CT molecular complexity index is 986. The van der Waals surface area contributed by atoms with Crippen LogP contribution in [0.5, 0.6) is 5.75 Å². The van der Waals surface area contributed by atoms with Crippen LogP contribution >= 0.6 is 12.2 Å². The molecule has 0 aromatic heterocycles. The average Bonchev–Trinajstić information content (AvgIpc) is 2.74. The summed E-state index contributed by atoms with van der Waals surface area (Å²) in [6, 6.07) is 22.5. The Morgan fingerprint density at radius 2 is 1.48 bits per heavy atom. The smallest absolute Gasteiger partial charge is 0.255 e. The number of thiocarbonyl (C=S) groups is 1. The predicted molar refractivity (Wildman–Crippen MR) is 123 cm³/mol. The Kier molecular flexibility index (Phi) is 6.81. The van der Waals surface area contributed by atoms with Gasteiger partial charge >= 0.3 is 0 Å². The summed E-state index contributed by atoms with van der Waals surface area (Å²) in [5, 5.41) is 9.66. The zero-order chi connectivity index (χ0) is 20.6. The van der Waals surface area contributed by atoms with E-state index in [9.17, 15) is 4.79 Å². The van der Waals surface area contributed by atoms with Gasteiger partial charge < -0.3 is 20.7 Å². The number of hydrogen-bond acceptors (Lipinski definition) is 3. The van der Waals surface area contributed by atoms with Crippen molar-refractivity contribution in [1.82, 2.24) is 0 Å². The van der Waals surface area contributed by atoms with Gasteiger partial charge in [-0.25, -0.2) is 0 Å². The molecule has 0 aliphatic heterocycles. The molecule has 0 unspecified atom stereocenters. The molecule has 0 heterocycles. The average molecular weight is 406 g/mol. The van der Waals surface area contributed by atoms with Gasteiger partial charge in [-0.15, -0.1) is 0 Å². The Hall–Kier alpha value is -3.38. The van der Waals surface area contributed by atoms with Crippen molar-refractivity contribution in [1.29, 1.82) is 0 Å². The molecule has 0 radical (unpaired) electrons. The third-order valence-corrected chi connectivity index (χ3v) is 4.55. The summed E-state index contributed by atoms with van der Waals surface area (Å²) in [6.07, 6.45) is 0.968. The van der Waals surface area contributed by atoms with Crippen LogP contribution in [0.15, 0.2) is 72.8 Å². The van der Waals surface area contributed by atoms with Gasteiger partial charge in [0.15, 0.2) is 5.11 Å². The molecule has 3 aromatic carbocycles. The minimum absolute atomic E-state index is 0.182. The molecule has 5 nitrogen and oxygen atoms in total. The fourth-order valence-electron chi connectivity index (χ4n) is 2.74. The van der Waals surface area contributed by atoms with Gasteiger partial charge in [0, 0.05) is 22.6 Å². The molecule has 0 fully saturated rings. The zero-order valence-electron chi connectivity index (χ0n) is 16.4. The van der Waals surface area contributed by atoms with E-state index in [1.807, 2.05) is 24.3 Å². The number of amides is 1. The zero-order valence-corrected chi connectivity index (χ0v) is 17.2. The van der Waals surface area contributed by atoms with Gasteiger partial charge in [-0.2, -0.15) is 0 Å². The first-order chi connectivity index (χ1) is 14.1. The Balaban J connectivity index is 1.57. The maximum atomic E-state index is 12.4. The lowest BCUT2D eigenvalue weighted by Crippen LogP contribution is -2.19. The van der Waals surface area contributed by atoms with Gasteiger partial charge in [-0.3, -0.25) is 4.79 Å². The largest absolute Gasteiger partial charge is 0.497 e. The van der Waals surface area contributed by atoms with Gasteiger partial charge in [0.1, 0.15) is 5.75 Å². The second kappa shape index (κ2) is 9.71. The molecule has 0 spiro atoms. The summed E-state index contributed by atoms with van der Waals surface area (Å²) < 4.78 is 5.12. The number of carbonyl (C=O) groups is 1. The third kappa shape index (κ3) is 5.80. The first kappa shape index (κ1) is 20.4. The van der Waals surface area contributed by atoms with Gasteiger partial charge in [-0.05, 0) is 84.9 Å². The molecule has 0 aliphatic rings. The van der Waals surface area contributed by atoms with E-state index >= 15 is 0 Å². The molecule has 0 saturated heterocycles. The summed E-state index contributed by atoms with van der Waals surface area (Å²) in [5.41, 5.74) is 4.25. The number of carbonyl (C=O) groups excluding carboxylic acids is 1. The molecule has 1 amide bonds. The lowest BCUT2D eigenvalue weighted by molar-refractivity contribution is 0.102. The first-order valence-corrected chi connectivity index (χ1v) is 9.70. The van der Waals surface area contributed by atoms with E-state index in [-0.39, 0.29) is 5.91 Å². The summed E-state index contributed by atoms with van der Waals surface area (Å²) in [6.45, 7) is 2.11. The molecule has 0 aliphatic carbocycles. The minimum Gasteiger partial charge on any atom is -0.497 e. The molecule has 3 aromatic rings. The number of aryl methyl sites for hydroxylation is 1. The van der Waals surface area contributed by atoms with Crippen molar-refractivity contribution < 1.29 is 9.53 Å². The number of nitrogens with one attached hydrogen (secondary N) is 3. The fourth-order valence-corrected chi connectivity index (χ4v) is 2.98. The van der Waals surface area contributed by atoms with Crippen LogP contribution in [-0.4, -0.2) is 18.1 Å². The summed E-state index contributed by atoms with van der Waals surface area (Å²) in [4.78, 5) is 12.4. The molecule has 0 bridgehead atoms. The number of rotatable bonds is 6. The standard InChI is InChI=1S/C23H23N3O2S/c1-3-16-5-4-6-20(15-16)26-23(29)25-19-9-7-17(8-10-19)22(27)24-18-11-13-21(28-2)14-12-18/h4-15H,3H2,1-2H3,(H,24,27)(H2,25,26,29). The van der Waals surface area contributed by atoms with Crippen molar-refractivity contribution in [2.45, 2.75) is 13.3 Å². The van der Waals surface area contributed by atoms with Gasteiger partial charge in [-0.1, -0.05) is 19.1 Å². The highest BCUT2D eigenvalue weighted by Crippen LogP contribution is 2.17.